The van der Waals surface area contributed by atoms with Gasteiger partial charge in [0.25, 0.3) is 0 Å². The molecule has 106 valence electrons. The van der Waals surface area contributed by atoms with Crippen molar-refractivity contribution in [1.82, 2.24) is 4.90 Å². The van der Waals surface area contributed by atoms with Gasteiger partial charge in [0.15, 0.2) is 5.72 Å². The maximum atomic E-state index is 12.4. The normalized spacial score (nSPS) is 31.5. The van der Waals surface area contributed by atoms with E-state index in [1.54, 1.807) is 7.05 Å². The first-order valence-corrected chi connectivity index (χ1v) is 6.78. The molecule has 20 heavy (non-hydrogen) atoms. The van der Waals surface area contributed by atoms with Crippen LogP contribution in [0.2, 0.25) is 0 Å². The predicted molar refractivity (Wildman–Crippen MR) is 71.3 cm³/mol. The van der Waals surface area contributed by atoms with E-state index < -0.39 is 17.6 Å². The number of ether oxygens (including phenoxy) is 1. The highest BCUT2D eigenvalue weighted by molar-refractivity contribution is 5.99. The van der Waals surface area contributed by atoms with Crippen LogP contribution in [0.15, 0.2) is 24.3 Å². The third-order valence-corrected chi connectivity index (χ3v) is 4.59. The Morgan fingerprint density at radius 2 is 2.20 bits per heavy atom. The van der Waals surface area contributed by atoms with Crippen molar-refractivity contribution in [2.24, 2.45) is 5.92 Å². The fraction of sp³-hybridized carbons (Fsp3) is 0.467. The molecule has 1 N–H and O–H groups in total. The zero-order chi connectivity index (χ0) is 14.5. The molecular weight excluding hydrogens is 258 g/mol. The molecule has 2 heterocycles. The molecule has 0 saturated carbocycles. The number of aliphatic carboxylic acids is 1. The molecule has 3 rings (SSSR count). The Hall–Kier alpha value is -2.04. The van der Waals surface area contributed by atoms with Crippen LogP contribution >= 0.6 is 0 Å². The molecule has 0 aromatic heterocycles. The monoisotopic (exact) mass is 275 g/mol. The van der Waals surface area contributed by atoms with Gasteiger partial charge in [0.2, 0.25) is 5.91 Å². The summed E-state index contributed by atoms with van der Waals surface area (Å²) in [6.45, 7) is 1.95. The van der Waals surface area contributed by atoms with Gasteiger partial charge in [-0.25, -0.2) is 0 Å². The minimum atomic E-state index is -1.06. The lowest BCUT2D eigenvalue weighted by Gasteiger charge is -2.52. The van der Waals surface area contributed by atoms with E-state index in [0.29, 0.717) is 18.6 Å². The van der Waals surface area contributed by atoms with Gasteiger partial charge in [-0.3, -0.25) is 9.59 Å². The first-order valence-electron chi connectivity index (χ1n) is 6.78. The van der Waals surface area contributed by atoms with Crippen molar-refractivity contribution in [2.75, 3.05) is 7.05 Å². The van der Waals surface area contributed by atoms with Crippen LogP contribution in [0.3, 0.4) is 0 Å². The Morgan fingerprint density at radius 3 is 2.85 bits per heavy atom. The van der Waals surface area contributed by atoms with Crippen molar-refractivity contribution in [2.45, 2.75) is 31.4 Å². The molecule has 5 nitrogen and oxygen atoms in total. The fourth-order valence-electron chi connectivity index (χ4n) is 3.40. The van der Waals surface area contributed by atoms with Crippen molar-refractivity contribution in [1.29, 1.82) is 0 Å². The van der Waals surface area contributed by atoms with E-state index in [1.165, 1.54) is 4.90 Å². The summed E-state index contributed by atoms with van der Waals surface area (Å²) in [7, 11) is 1.63. The first kappa shape index (κ1) is 13.0. The molecule has 5 heteroatoms. The Morgan fingerprint density at radius 1 is 1.50 bits per heavy atom. The Balaban J connectivity index is 2.18. The van der Waals surface area contributed by atoms with Gasteiger partial charge in [0.1, 0.15) is 11.7 Å². The van der Waals surface area contributed by atoms with Crippen molar-refractivity contribution < 1.29 is 19.4 Å². The number of carboxylic acids is 1. The topological polar surface area (TPSA) is 66.8 Å². The number of carbonyl (C=O) groups is 2. The van der Waals surface area contributed by atoms with Crippen LogP contribution in [0.25, 0.3) is 0 Å². The molecule has 0 radical (unpaired) electrons. The van der Waals surface area contributed by atoms with Gasteiger partial charge in [-0.2, -0.15) is 0 Å². The second-order valence-electron chi connectivity index (χ2n) is 5.46. The number of nitrogens with zero attached hydrogens (tertiary/aromatic N) is 1. The van der Waals surface area contributed by atoms with E-state index in [-0.39, 0.29) is 11.8 Å². The van der Waals surface area contributed by atoms with Gasteiger partial charge in [0, 0.05) is 25.8 Å². The van der Waals surface area contributed by atoms with Crippen molar-refractivity contribution >= 4 is 11.9 Å². The zero-order valence-corrected chi connectivity index (χ0v) is 11.5. The molecular formula is C15H17NO4. The van der Waals surface area contributed by atoms with Gasteiger partial charge in [-0.15, -0.1) is 0 Å². The molecule has 2 bridgehead atoms. The predicted octanol–water partition coefficient (Wildman–Crippen LogP) is 1.83. The number of benzene rings is 1. The quantitative estimate of drug-likeness (QED) is 0.836. The molecule has 1 saturated heterocycles. The van der Waals surface area contributed by atoms with Crippen LogP contribution < -0.4 is 4.74 Å². The van der Waals surface area contributed by atoms with Crippen LogP contribution in [-0.2, 0) is 9.59 Å². The number of carboxylic acid groups (broad SMARTS) is 1. The summed E-state index contributed by atoms with van der Waals surface area (Å²) in [6.07, 6.45) is 1.16. The summed E-state index contributed by atoms with van der Waals surface area (Å²) in [5, 5.41) is 9.43. The lowest BCUT2D eigenvalue weighted by molar-refractivity contribution is -0.180. The Bertz CT molecular complexity index is 585. The second-order valence-corrected chi connectivity index (χ2v) is 5.46. The van der Waals surface area contributed by atoms with E-state index in [4.69, 9.17) is 4.74 Å². The van der Waals surface area contributed by atoms with Gasteiger partial charge < -0.3 is 14.7 Å². The molecule has 1 aromatic carbocycles. The number of likely N-dealkylation sites (tertiary alicyclic amines) is 1. The number of piperidine rings is 1. The molecule has 0 spiro atoms. The van der Waals surface area contributed by atoms with Crippen LogP contribution in [0.1, 0.15) is 31.2 Å². The van der Waals surface area contributed by atoms with E-state index in [0.717, 1.165) is 5.56 Å². The lowest BCUT2D eigenvalue weighted by Crippen LogP contribution is -2.63. The summed E-state index contributed by atoms with van der Waals surface area (Å²) in [5.41, 5.74) is 0.104. The minimum Gasteiger partial charge on any atom is -0.481 e. The van der Waals surface area contributed by atoms with Gasteiger partial charge in [-0.1, -0.05) is 25.1 Å². The van der Waals surface area contributed by atoms with Gasteiger partial charge in [-0.05, 0) is 11.6 Å². The fourth-order valence-corrected chi connectivity index (χ4v) is 3.40. The molecule has 3 unspecified atom stereocenters. The van der Waals surface area contributed by atoms with Crippen LogP contribution in [0, 0.1) is 5.92 Å². The van der Waals surface area contributed by atoms with E-state index in [1.807, 2.05) is 31.2 Å². The van der Waals surface area contributed by atoms with Crippen LogP contribution in [-0.4, -0.2) is 34.7 Å². The number of amides is 1. The average molecular weight is 275 g/mol. The first-order chi connectivity index (χ1) is 9.50. The highest BCUT2D eigenvalue weighted by atomic mass is 16.5. The summed E-state index contributed by atoms with van der Waals surface area (Å²) in [4.78, 5) is 25.4. The summed E-state index contributed by atoms with van der Waals surface area (Å²) in [5.74, 6) is -2.08. The molecule has 1 amide bonds. The molecule has 1 aromatic rings. The van der Waals surface area contributed by atoms with E-state index in [9.17, 15) is 14.7 Å². The molecule has 3 atom stereocenters. The van der Waals surface area contributed by atoms with Gasteiger partial charge >= 0.3 is 5.97 Å². The van der Waals surface area contributed by atoms with Crippen LogP contribution in [0.4, 0.5) is 0 Å². The number of fused-ring (bicyclic) bond motifs is 4. The van der Waals surface area contributed by atoms with Crippen LogP contribution in [0.5, 0.6) is 5.75 Å². The average Bonchev–Trinajstić information content (AvgIpc) is 2.44. The maximum absolute atomic E-state index is 12.4. The minimum absolute atomic E-state index is 0.318. The molecule has 0 aliphatic carbocycles. The van der Waals surface area contributed by atoms with Crippen molar-refractivity contribution in [3.63, 3.8) is 0 Å². The number of hydrogen-bond donors (Lipinski definition) is 1. The molecule has 2 aliphatic heterocycles. The zero-order valence-electron chi connectivity index (χ0n) is 11.5. The largest absolute Gasteiger partial charge is 0.481 e. The number of rotatable bonds is 2. The van der Waals surface area contributed by atoms with Gasteiger partial charge in [0.05, 0.1) is 0 Å². The SMILES string of the molecule is CCC12CC(c3ccccc3O1)C(C(=O)O)C(=O)N2C. The number of carbonyl (C=O) groups excluding carboxylic acids is 1. The Labute approximate surface area is 117 Å². The maximum Gasteiger partial charge on any atom is 0.316 e. The standard InChI is InChI=1S/C15H17NO4/c1-3-15-8-10(9-6-4-5-7-11(9)20-15)12(14(18)19)13(17)16(15)2/h4-7,10,12H,3,8H2,1-2H3,(H,18,19). The van der Waals surface area contributed by atoms with Crippen molar-refractivity contribution in [3.05, 3.63) is 29.8 Å². The molecule has 1 fully saturated rings. The summed E-state index contributed by atoms with van der Waals surface area (Å²) >= 11 is 0. The van der Waals surface area contributed by atoms with E-state index >= 15 is 0 Å². The summed E-state index contributed by atoms with van der Waals surface area (Å²) in [6, 6.07) is 7.41. The third kappa shape index (κ3) is 1.55. The number of para-hydroxylation sites is 1. The highest BCUT2D eigenvalue weighted by Gasteiger charge is 2.56. The number of hydrogen-bond acceptors (Lipinski definition) is 3. The third-order valence-electron chi connectivity index (χ3n) is 4.59. The lowest BCUT2D eigenvalue weighted by atomic mass is 9.73. The molecule has 2 aliphatic rings. The highest BCUT2D eigenvalue weighted by Crippen LogP contribution is 2.50. The Kier molecular flexibility index (Phi) is 2.74. The van der Waals surface area contributed by atoms with E-state index in [2.05, 4.69) is 0 Å². The second kappa shape index (κ2) is 4.23. The smallest absolute Gasteiger partial charge is 0.316 e. The van der Waals surface area contributed by atoms with Crippen molar-refractivity contribution in [3.8, 4) is 5.75 Å². The summed E-state index contributed by atoms with van der Waals surface area (Å²) < 4.78 is 6.06.